The molecule has 4 nitrogen and oxygen atoms in total. The minimum atomic E-state index is -0.290. The van der Waals surface area contributed by atoms with E-state index < -0.39 is 0 Å². The molecule has 25 heavy (non-hydrogen) atoms. The van der Waals surface area contributed by atoms with Crippen LogP contribution in [0.25, 0.3) is 10.9 Å². The second-order valence-electron chi connectivity index (χ2n) is 6.50. The molecule has 1 saturated carbocycles. The number of allylic oxidation sites excluding steroid dienone is 2. The molecule has 0 radical (unpaired) electrons. The number of Topliss-reactive ketones (excluding diaryl/α,β-unsaturated/α-hetero) is 1. The lowest BCUT2D eigenvalue weighted by molar-refractivity contribution is -0.135. The molecule has 0 spiro atoms. The zero-order valence-corrected chi connectivity index (χ0v) is 14.5. The van der Waals surface area contributed by atoms with Gasteiger partial charge in [0.2, 0.25) is 0 Å². The van der Waals surface area contributed by atoms with Gasteiger partial charge in [0.05, 0.1) is 0 Å². The molecular formula is C21H23NO3. The van der Waals surface area contributed by atoms with Crippen LogP contribution >= 0.6 is 0 Å². The summed E-state index contributed by atoms with van der Waals surface area (Å²) in [5, 5.41) is 0.937. The number of rotatable bonds is 6. The smallest absolute Gasteiger partial charge is 0.311 e. The Morgan fingerprint density at radius 3 is 2.96 bits per heavy atom. The Morgan fingerprint density at radius 2 is 2.12 bits per heavy atom. The van der Waals surface area contributed by atoms with Crippen LogP contribution in [0.2, 0.25) is 0 Å². The van der Waals surface area contributed by atoms with Crippen molar-refractivity contribution in [3.05, 3.63) is 48.7 Å². The molecule has 4 heteroatoms. The van der Waals surface area contributed by atoms with Gasteiger partial charge >= 0.3 is 5.97 Å². The van der Waals surface area contributed by atoms with Gasteiger partial charge in [-0.25, -0.2) is 0 Å². The lowest BCUT2D eigenvalue weighted by atomic mass is 9.89. The summed E-state index contributed by atoms with van der Waals surface area (Å²) in [5.41, 5.74) is 0.684. The van der Waals surface area contributed by atoms with Crippen molar-refractivity contribution in [3.8, 4) is 5.75 Å². The summed E-state index contributed by atoms with van der Waals surface area (Å²) in [6.07, 6.45) is 9.11. The number of benzene rings is 1. The molecule has 1 aliphatic carbocycles. The predicted molar refractivity (Wildman–Crippen MR) is 97.3 cm³/mol. The molecule has 1 aromatic carbocycles. The van der Waals surface area contributed by atoms with Gasteiger partial charge in [-0.2, -0.15) is 0 Å². The molecule has 1 aromatic heterocycles. The van der Waals surface area contributed by atoms with Gasteiger partial charge in [-0.05, 0) is 37.3 Å². The van der Waals surface area contributed by atoms with Crippen LogP contribution in [0.5, 0.6) is 5.75 Å². The summed E-state index contributed by atoms with van der Waals surface area (Å²) in [6, 6.07) is 9.34. The highest BCUT2D eigenvalue weighted by Gasteiger charge is 2.35. The number of para-hydroxylation sites is 1. The molecule has 1 fully saturated rings. The van der Waals surface area contributed by atoms with Gasteiger partial charge in [0.25, 0.3) is 0 Å². The zero-order valence-electron chi connectivity index (χ0n) is 14.5. The van der Waals surface area contributed by atoms with Crippen LogP contribution in [-0.2, 0) is 9.59 Å². The molecule has 0 aliphatic heterocycles. The molecule has 2 aromatic rings. The largest absolute Gasteiger partial charge is 0.424 e. The SMILES string of the molecule is CC/C=C\C[C@H]1C(=O)CC[C@@H]1CC(=O)Oc1cccc2cccnc12. The summed E-state index contributed by atoms with van der Waals surface area (Å²) < 4.78 is 5.57. The number of pyridine rings is 1. The second kappa shape index (κ2) is 8.06. The van der Waals surface area contributed by atoms with E-state index in [1.165, 1.54) is 0 Å². The molecule has 0 unspecified atom stereocenters. The number of nitrogens with zero attached hydrogens (tertiary/aromatic N) is 1. The number of fused-ring (bicyclic) bond motifs is 1. The fraction of sp³-hybridized carbons (Fsp3) is 0.381. The molecule has 0 saturated heterocycles. The maximum atomic E-state index is 12.4. The molecule has 130 valence electrons. The van der Waals surface area contributed by atoms with Crippen molar-refractivity contribution in [2.24, 2.45) is 11.8 Å². The summed E-state index contributed by atoms with van der Waals surface area (Å²) in [7, 11) is 0. The number of ketones is 1. The van der Waals surface area contributed by atoms with E-state index in [4.69, 9.17) is 4.74 Å². The van der Waals surface area contributed by atoms with E-state index in [0.29, 0.717) is 17.7 Å². The first kappa shape index (κ1) is 17.3. The van der Waals surface area contributed by atoms with Crippen molar-refractivity contribution in [3.63, 3.8) is 0 Å². The highest BCUT2D eigenvalue weighted by atomic mass is 16.5. The standard InChI is InChI=1S/C21H23NO3/c1-2-3-4-9-17-16(11-12-18(17)23)14-20(24)25-19-10-5-7-15-8-6-13-22-21(15)19/h3-8,10,13,16-17H,2,9,11-12,14H2,1H3/b4-3-/t16-,17-/m1/s1. The maximum absolute atomic E-state index is 12.4. The van der Waals surface area contributed by atoms with Gasteiger partial charge in [0, 0.05) is 30.3 Å². The fourth-order valence-electron chi connectivity index (χ4n) is 3.49. The number of hydrogen-bond donors (Lipinski definition) is 0. The third-order valence-corrected chi connectivity index (χ3v) is 4.78. The van der Waals surface area contributed by atoms with E-state index in [2.05, 4.69) is 24.1 Å². The average Bonchev–Trinajstić information content (AvgIpc) is 2.95. The van der Waals surface area contributed by atoms with E-state index in [1.807, 2.05) is 24.3 Å². The third kappa shape index (κ3) is 4.13. The number of hydrogen-bond acceptors (Lipinski definition) is 4. The van der Waals surface area contributed by atoms with Crippen molar-refractivity contribution in [1.82, 2.24) is 4.98 Å². The highest BCUT2D eigenvalue weighted by molar-refractivity contribution is 5.88. The minimum Gasteiger partial charge on any atom is -0.424 e. The quantitative estimate of drug-likeness (QED) is 0.443. The third-order valence-electron chi connectivity index (χ3n) is 4.78. The van der Waals surface area contributed by atoms with Crippen LogP contribution in [-0.4, -0.2) is 16.7 Å². The number of carbonyl (C=O) groups is 2. The molecule has 3 rings (SSSR count). The Labute approximate surface area is 147 Å². The summed E-state index contributed by atoms with van der Waals surface area (Å²) in [6.45, 7) is 2.07. The van der Waals surface area contributed by atoms with Gasteiger partial charge in [0.1, 0.15) is 11.3 Å². The summed E-state index contributed by atoms with van der Waals surface area (Å²) >= 11 is 0. The van der Waals surface area contributed by atoms with E-state index in [0.717, 1.165) is 24.6 Å². The normalized spacial score (nSPS) is 20.4. The lowest BCUT2D eigenvalue weighted by Gasteiger charge is -2.16. The van der Waals surface area contributed by atoms with E-state index >= 15 is 0 Å². The summed E-state index contributed by atoms with van der Waals surface area (Å²) in [4.78, 5) is 28.8. The number of esters is 1. The van der Waals surface area contributed by atoms with Gasteiger partial charge in [0.15, 0.2) is 5.75 Å². The van der Waals surface area contributed by atoms with Crippen molar-refractivity contribution in [2.45, 2.75) is 39.0 Å². The Hall–Kier alpha value is -2.49. The minimum absolute atomic E-state index is 0.0546. The first-order valence-corrected chi connectivity index (χ1v) is 8.91. The van der Waals surface area contributed by atoms with E-state index in [1.54, 1.807) is 12.3 Å². The summed E-state index contributed by atoms with van der Waals surface area (Å²) in [5.74, 6) is 0.480. The van der Waals surface area contributed by atoms with Gasteiger partial charge in [-0.1, -0.05) is 37.3 Å². The fourth-order valence-corrected chi connectivity index (χ4v) is 3.49. The Bertz CT molecular complexity index is 791. The molecule has 0 N–H and O–H groups in total. The zero-order chi connectivity index (χ0) is 17.6. The second-order valence-corrected chi connectivity index (χ2v) is 6.50. The van der Waals surface area contributed by atoms with Crippen LogP contribution in [0.1, 0.15) is 39.0 Å². The van der Waals surface area contributed by atoms with Crippen molar-refractivity contribution in [2.75, 3.05) is 0 Å². The average molecular weight is 337 g/mol. The van der Waals surface area contributed by atoms with Gasteiger partial charge in [-0.3, -0.25) is 14.6 Å². The Balaban J connectivity index is 1.67. The maximum Gasteiger partial charge on any atom is 0.311 e. The molecule has 1 heterocycles. The number of ether oxygens (including phenoxy) is 1. The van der Waals surface area contributed by atoms with Crippen molar-refractivity contribution < 1.29 is 14.3 Å². The number of carbonyl (C=O) groups excluding carboxylic acids is 2. The number of aromatic nitrogens is 1. The van der Waals surface area contributed by atoms with Crippen LogP contribution in [0, 0.1) is 11.8 Å². The van der Waals surface area contributed by atoms with Crippen LogP contribution in [0.4, 0.5) is 0 Å². The highest BCUT2D eigenvalue weighted by Crippen LogP contribution is 2.34. The Kier molecular flexibility index (Phi) is 5.59. The van der Waals surface area contributed by atoms with E-state index in [9.17, 15) is 9.59 Å². The lowest BCUT2D eigenvalue weighted by Crippen LogP contribution is -2.20. The van der Waals surface area contributed by atoms with E-state index in [-0.39, 0.29) is 30.0 Å². The van der Waals surface area contributed by atoms with Crippen LogP contribution in [0.15, 0.2) is 48.7 Å². The van der Waals surface area contributed by atoms with Gasteiger partial charge < -0.3 is 4.74 Å². The monoisotopic (exact) mass is 337 g/mol. The van der Waals surface area contributed by atoms with Crippen LogP contribution in [0.3, 0.4) is 0 Å². The molecule has 0 bridgehead atoms. The Morgan fingerprint density at radius 1 is 1.28 bits per heavy atom. The molecule has 2 atom stereocenters. The van der Waals surface area contributed by atoms with Crippen molar-refractivity contribution in [1.29, 1.82) is 0 Å². The predicted octanol–water partition coefficient (Wildman–Crippen LogP) is 4.48. The first-order chi connectivity index (χ1) is 12.2. The molecule has 1 aliphatic rings. The van der Waals surface area contributed by atoms with Crippen LogP contribution < -0.4 is 4.74 Å². The topological polar surface area (TPSA) is 56.3 Å². The van der Waals surface area contributed by atoms with Gasteiger partial charge in [-0.15, -0.1) is 0 Å². The molecular weight excluding hydrogens is 314 g/mol. The first-order valence-electron chi connectivity index (χ1n) is 8.91. The molecule has 0 amide bonds. The van der Waals surface area contributed by atoms with Crippen molar-refractivity contribution >= 4 is 22.7 Å².